The molecular formula is C9H18N2O2. The van der Waals surface area contributed by atoms with Gasteiger partial charge in [-0.1, -0.05) is 0 Å². The Kier molecular flexibility index (Phi) is 4.18. The lowest BCUT2D eigenvalue weighted by Gasteiger charge is -2.25. The summed E-state index contributed by atoms with van der Waals surface area (Å²) in [5.74, 6) is 0.0952. The van der Waals surface area contributed by atoms with Crippen LogP contribution in [0.5, 0.6) is 0 Å². The van der Waals surface area contributed by atoms with Crippen LogP contribution >= 0.6 is 0 Å². The predicted octanol–water partition coefficient (Wildman–Crippen LogP) is -0.110. The Morgan fingerprint density at radius 1 is 1.62 bits per heavy atom. The van der Waals surface area contributed by atoms with Gasteiger partial charge in [0.15, 0.2) is 0 Å². The first-order valence-corrected chi connectivity index (χ1v) is 4.86. The number of nitrogens with one attached hydrogen (secondary N) is 2. The van der Waals surface area contributed by atoms with Crippen molar-refractivity contribution >= 4 is 5.91 Å². The van der Waals surface area contributed by atoms with Crippen molar-refractivity contribution < 1.29 is 9.53 Å². The fourth-order valence-corrected chi connectivity index (χ4v) is 1.52. The molecule has 1 rings (SSSR count). The van der Waals surface area contributed by atoms with Gasteiger partial charge in [0.05, 0.1) is 12.1 Å². The Morgan fingerprint density at radius 2 is 2.38 bits per heavy atom. The molecule has 2 unspecified atom stereocenters. The van der Waals surface area contributed by atoms with Crippen molar-refractivity contribution in [3.05, 3.63) is 0 Å². The summed E-state index contributed by atoms with van der Waals surface area (Å²) in [6, 6.07) is -0.0738. The molecule has 0 radical (unpaired) electrons. The Labute approximate surface area is 79.0 Å². The molecule has 1 aliphatic heterocycles. The maximum Gasteiger partial charge on any atom is 0.237 e. The van der Waals surface area contributed by atoms with Gasteiger partial charge in [0, 0.05) is 19.7 Å². The molecule has 4 heteroatoms. The van der Waals surface area contributed by atoms with Crippen LogP contribution in [0, 0.1) is 0 Å². The Morgan fingerprint density at radius 3 is 3.00 bits per heavy atom. The molecule has 0 aliphatic carbocycles. The van der Waals surface area contributed by atoms with Crippen molar-refractivity contribution in [2.24, 2.45) is 0 Å². The van der Waals surface area contributed by atoms with Crippen LogP contribution in [0.4, 0.5) is 0 Å². The van der Waals surface area contributed by atoms with E-state index in [1.807, 2.05) is 13.8 Å². The zero-order valence-corrected chi connectivity index (χ0v) is 8.30. The topological polar surface area (TPSA) is 50.4 Å². The highest BCUT2D eigenvalue weighted by molar-refractivity contribution is 5.82. The standard InChI is InChI=1S/C9H18N2O2/c1-3-13-7(2)6-8-9(12)11-5-4-10-8/h7-8,10H,3-6H2,1-2H3,(H,11,12). The second kappa shape index (κ2) is 5.19. The maximum absolute atomic E-state index is 11.3. The van der Waals surface area contributed by atoms with E-state index >= 15 is 0 Å². The fourth-order valence-electron chi connectivity index (χ4n) is 1.52. The number of ether oxygens (including phenoxy) is 1. The van der Waals surface area contributed by atoms with Crippen molar-refractivity contribution in [2.75, 3.05) is 19.7 Å². The summed E-state index contributed by atoms with van der Waals surface area (Å²) in [5.41, 5.74) is 0. The van der Waals surface area contributed by atoms with E-state index in [1.54, 1.807) is 0 Å². The molecule has 1 heterocycles. The largest absolute Gasteiger partial charge is 0.379 e. The van der Waals surface area contributed by atoms with Crippen LogP contribution < -0.4 is 10.6 Å². The van der Waals surface area contributed by atoms with Gasteiger partial charge in [-0.2, -0.15) is 0 Å². The summed E-state index contributed by atoms with van der Waals surface area (Å²) >= 11 is 0. The van der Waals surface area contributed by atoms with Gasteiger partial charge in [0.1, 0.15) is 0 Å². The molecule has 0 saturated carbocycles. The van der Waals surface area contributed by atoms with Crippen molar-refractivity contribution in [1.82, 2.24) is 10.6 Å². The normalized spacial score (nSPS) is 25.4. The first kappa shape index (κ1) is 10.5. The van der Waals surface area contributed by atoms with Crippen LogP contribution in [0.25, 0.3) is 0 Å². The van der Waals surface area contributed by atoms with Gasteiger partial charge in [0.2, 0.25) is 5.91 Å². The van der Waals surface area contributed by atoms with Gasteiger partial charge in [-0.25, -0.2) is 0 Å². The highest BCUT2D eigenvalue weighted by atomic mass is 16.5. The third kappa shape index (κ3) is 3.32. The molecule has 2 N–H and O–H groups in total. The summed E-state index contributed by atoms with van der Waals surface area (Å²) in [6.45, 7) is 6.25. The maximum atomic E-state index is 11.3. The molecule has 4 nitrogen and oxygen atoms in total. The summed E-state index contributed by atoms with van der Waals surface area (Å²) in [6.07, 6.45) is 0.894. The zero-order valence-electron chi connectivity index (χ0n) is 8.30. The first-order chi connectivity index (χ1) is 6.24. The van der Waals surface area contributed by atoms with Gasteiger partial charge in [-0.05, 0) is 20.3 Å². The Balaban J connectivity index is 2.29. The third-order valence-electron chi connectivity index (χ3n) is 2.15. The zero-order chi connectivity index (χ0) is 9.68. The molecule has 1 amide bonds. The second-order valence-corrected chi connectivity index (χ2v) is 3.30. The van der Waals surface area contributed by atoms with E-state index in [4.69, 9.17) is 4.74 Å². The number of hydrogen-bond donors (Lipinski definition) is 2. The van der Waals surface area contributed by atoms with Crippen molar-refractivity contribution in [3.8, 4) is 0 Å². The SMILES string of the molecule is CCOC(C)CC1NCCNC1=O. The monoisotopic (exact) mass is 186 g/mol. The van der Waals surface area contributed by atoms with Gasteiger partial charge in [-0.15, -0.1) is 0 Å². The van der Waals surface area contributed by atoms with Gasteiger partial charge < -0.3 is 15.4 Å². The minimum atomic E-state index is -0.0738. The van der Waals surface area contributed by atoms with Crippen LogP contribution in [-0.4, -0.2) is 37.7 Å². The Bertz CT molecular complexity index is 173. The Hall–Kier alpha value is -0.610. The number of carbonyl (C=O) groups is 1. The molecule has 0 bridgehead atoms. The lowest BCUT2D eigenvalue weighted by molar-refractivity contribution is -0.125. The highest BCUT2D eigenvalue weighted by Crippen LogP contribution is 2.04. The van der Waals surface area contributed by atoms with Crippen LogP contribution in [0.3, 0.4) is 0 Å². The number of hydrogen-bond acceptors (Lipinski definition) is 3. The molecule has 0 spiro atoms. The molecule has 0 aromatic rings. The minimum absolute atomic E-state index is 0.0738. The van der Waals surface area contributed by atoms with E-state index < -0.39 is 0 Å². The molecule has 0 aromatic carbocycles. The van der Waals surface area contributed by atoms with E-state index in [1.165, 1.54) is 0 Å². The molecule has 1 saturated heterocycles. The average Bonchev–Trinajstić information content (AvgIpc) is 2.09. The highest BCUT2D eigenvalue weighted by Gasteiger charge is 2.23. The number of rotatable bonds is 4. The summed E-state index contributed by atoms with van der Waals surface area (Å²) in [5, 5.41) is 5.99. The van der Waals surface area contributed by atoms with E-state index in [9.17, 15) is 4.79 Å². The summed E-state index contributed by atoms with van der Waals surface area (Å²) in [7, 11) is 0. The molecule has 2 atom stereocenters. The van der Waals surface area contributed by atoms with Crippen LogP contribution in [0.1, 0.15) is 20.3 Å². The smallest absolute Gasteiger partial charge is 0.237 e. The third-order valence-corrected chi connectivity index (χ3v) is 2.15. The number of amides is 1. The quantitative estimate of drug-likeness (QED) is 0.644. The number of carbonyl (C=O) groups excluding carboxylic acids is 1. The van der Waals surface area contributed by atoms with Crippen molar-refractivity contribution in [2.45, 2.75) is 32.4 Å². The summed E-state index contributed by atoms with van der Waals surface area (Å²) in [4.78, 5) is 11.3. The molecule has 1 aliphatic rings. The van der Waals surface area contributed by atoms with Gasteiger partial charge in [0.25, 0.3) is 0 Å². The molecule has 0 aromatic heterocycles. The van der Waals surface area contributed by atoms with Crippen molar-refractivity contribution in [3.63, 3.8) is 0 Å². The molecule has 76 valence electrons. The second-order valence-electron chi connectivity index (χ2n) is 3.30. The number of piperazine rings is 1. The predicted molar refractivity (Wildman–Crippen MR) is 50.5 cm³/mol. The van der Waals surface area contributed by atoms with Crippen LogP contribution in [-0.2, 0) is 9.53 Å². The lowest BCUT2D eigenvalue weighted by atomic mass is 10.1. The van der Waals surface area contributed by atoms with Crippen LogP contribution in [0.2, 0.25) is 0 Å². The first-order valence-electron chi connectivity index (χ1n) is 4.86. The van der Waals surface area contributed by atoms with Crippen LogP contribution in [0.15, 0.2) is 0 Å². The lowest BCUT2D eigenvalue weighted by Crippen LogP contribution is -2.53. The molecule has 1 fully saturated rings. The molecular weight excluding hydrogens is 168 g/mol. The molecule has 13 heavy (non-hydrogen) atoms. The fraction of sp³-hybridized carbons (Fsp3) is 0.889. The van der Waals surface area contributed by atoms with E-state index in [0.717, 1.165) is 19.5 Å². The average molecular weight is 186 g/mol. The minimum Gasteiger partial charge on any atom is -0.379 e. The van der Waals surface area contributed by atoms with E-state index in [2.05, 4.69) is 10.6 Å². The van der Waals surface area contributed by atoms with Gasteiger partial charge >= 0.3 is 0 Å². The van der Waals surface area contributed by atoms with Crippen molar-refractivity contribution in [1.29, 1.82) is 0 Å². The van der Waals surface area contributed by atoms with E-state index in [-0.39, 0.29) is 18.1 Å². The van der Waals surface area contributed by atoms with E-state index in [0.29, 0.717) is 6.61 Å². The van der Waals surface area contributed by atoms with Gasteiger partial charge in [-0.3, -0.25) is 4.79 Å². The summed E-state index contributed by atoms with van der Waals surface area (Å²) < 4.78 is 5.37.